The fourth-order valence-corrected chi connectivity index (χ4v) is 8.36. The zero-order valence-electron chi connectivity index (χ0n) is 24.2. The van der Waals surface area contributed by atoms with Crippen LogP contribution in [-0.4, -0.2) is 51.5 Å². The van der Waals surface area contributed by atoms with Gasteiger partial charge < -0.3 is 20.1 Å². The van der Waals surface area contributed by atoms with E-state index in [9.17, 15) is 24.9 Å². The van der Waals surface area contributed by atoms with Gasteiger partial charge >= 0.3 is 5.97 Å². The third-order valence-corrected chi connectivity index (χ3v) is 10.6. The number of allylic oxidation sites excluding steroid dienone is 1. The number of esters is 1. The van der Waals surface area contributed by atoms with E-state index in [1.165, 1.54) is 38.5 Å². The molecule has 4 rings (SSSR count). The Bertz CT molecular complexity index is 965. The maximum absolute atomic E-state index is 14.3. The Kier molecular flexibility index (Phi) is 8.67. The Hall–Kier alpha value is -1.50. The molecule has 0 aromatic heterocycles. The minimum Gasteiger partial charge on any atom is -0.455 e. The van der Waals surface area contributed by atoms with Crippen molar-refractivity contribution in [3.63, 3.8) is 0 Å². The molecule has 0 radical (unpaired) electrons. The molecular formula is C32H50O6. The van der Waals surface area contributed by atoms with Crippen molar-refractivity contribution in [3.8, 4) is 0 Å². The van der Waals surface area contributed by atoms with Gasteiger partial charge in [0.05, 0.1) is 12.0 Å². The lowest BCUT2D eigenvalue weighted by Crippen LogP contribution is -2.65. The maximum Gasteiger partial charge on any atom is 0.306 e. The summed E-state index contributed by atoms with van der Waals surface area (Å²) < 4.78 is 5.91. The van der Waals surface area contributed by atoms with Gasteiger partial charge in [-0.25, -0.2) is 0 Å². The second-order valence-electron chi connectivity index (χ2n) is 13.3. The third-order valence-electron chi connectivity index (χ3n) is 10.6. The molecular weight excluding hydrogens is 480 g/mol. The van der Waals surface area contributed by atoms with Crippen LogP contribution in [0.4, 0.5) is 0 Å². The van der Waals surface area contributed by atoms with Gasteiger partial charge in [0.15, 0.2) is 17.5 Å². The van der Waals surface area contributed by atoms with Gasteiger partial charge in [0, 0.05) is 12.3 Å². The molecule has 1 spiro atoms. The van der Waals surface area contributed by atoms with Gasteiger partial charge in [0.25, 0.3) is 0 Å². The van der Waals surface area contributed by atoms with E-state index in [0.717, 1.165) is 19.3 Å². The van der Waals surface area contributed by atoms with Crippen LogP contribution >= 0.6 is 0 Å². The van der Waals surface area contributed by atoms with Crippen LogP contribution in [0.3, 0.4) is 0 Å². The van der Waals surface area contributed by atoms with E-state index in [-0.39, 0.29) is 35.0 Å². The number of carbonyl (C=O) groups is 2. The first kappa shape index (κ1) is 29.5. The van der Waals surface area contributed by atoms with Gasteiger partial charge in [-0.1, -0.05) is 91.2 Å². The molecule has 0 saturated heterocycles. The summed E-state index contributed by atoms with van der Waals surface area (Å²) in [5.74, 6) is -0.859. The summed E-state index contributed by atoms with van der Waals surface area (Å²) in [6.07, 6.45) is 12.1. The number of carbonyl (C=O) groups excluding carboxylic acids is 2. The number of unbranched alkanes of at least 4 members (excludes halogenated alkanes) is 8. The van der Waals surface area contributed by atoms with Gasteiger partial charge in [0.1, 0.15) is 6.10 Å². The molecule has 2 fully saturated rings. The van der Waals surface area contributed by atoms with Crippen LogP contribution in [0.2, 0.25) is 0 Å². The molecule has 2 bridgehead atoms. The minimum absolute atomic E-state index is 0.0145. The van der Waals surface area contributed by atoms with Crippen molar-refractivity contribution in [3.05, 3.63) is 23.3 Å². The molecule has 4 aliphatic carbocycles. The van der Waals surface area contributed by atoms with Gasteiger partial charge in [0.2, 0.25) is 0 Å². The van der Waals surface area contributed by atoms with Crippen LogP contribution in [0.25, 0.3) is 0 Å². The number of rotatable bonds is 12. The summed E-state index contributed by atoms with van der Waals surface area (Å²) in [5.41, 5.74) is -2.60. The molecule has 2 saturated carbocycles. The van der Waals surface area contributed by atoms with Crippen LogP contribution in [0.1, 0.15) is 105 Å². The van der Waals surface area contributed by atoms with Crippen LogP contribution < -0.4 is 0 Å². The second kappa shape index (κ2) is 11.2. The molecule has 0 aliphatic heterocycles. The molecule has 8 atom stereocenters. The number of hydrogen-bond donors (Lipinski definition) is 3. The van der Waals surface area contributed by atoms with Crippen molar-refractivity contribution in [2.45, 2.75) is 123 Å². The quantitative estimate of drug-likeness (QED) is 0.180. The average molecular weight is 531 g/mol. The highest BCUT2D eigenvalue weighted by Crippen LogP contribution is 2.71. The Morgan fingerprint density at radius 2 is 1.68 bits per heavy atom. The fourth-order valence-electron chi connectivity index (χ4n) is 8.36. The van der Waals surface area contributed by atoms with Crippen LogP contribution in [0.5, 0.6) is 0 Å². The molecule has 0 heterocycles. The van der Waals surface area contributed by atoms with Crippen molar-refractivity contribution in [2.24, 2.45) is 34.5 Å². The SMILES string of the molecule is CCCCCCCCCCCC(=O)O[C@H]1C(C)=CC23C(=O)C(C=C(CO)[C@@H](O)[C@]12O)[C@H]1[C@@H](C[C@H]3C)C1(C)C. The zero-order chi connectivity index (χ0) is 27.9. The van der Waals surface area contributed by atoms with Crippen molar-refractivity contribution in [2.75, 3.05) is 6.61 Å². The van der Waals surface area contributed by atoms with E-state index in [4.69, 9.17) is 4.74 Å². The van der Waals surface area contributed by atoms with Crippen LogP contribution in [-0.2, 0) is 14.3 Å². The summed E-state index contributed by atoms with van der Waals surface area (Å²) in [4.78, 5) is 27.3. The van der Waals surface area contributed by atoms with Crippen molar-refractivity contribution in [1.82, 2.24) is 0 Å². The van der Waals surface area contributed by atoms with Gasteiger partial charge in [-0.3, -0.25) is 9.59 Å². The molecule has 38 heavy (non-hydrogen) atoms. The van der Waals surface area contributed by atoms with Crippen LogP contribution in [0.15, 0.2) is 23.3 Å². The number of Topliss-reactive ketones (excluding diaryl/α,β-unsaturated/α-hetero) is 1. The molecule has 2 unspecified atom stereocenters. The molecule has 6 heteroatoms. The van der Waals surface area contributed by atoms with Crippen molar-refractivity contribution < 1.29 is 29.6 Å². The lowest BCUT2D eigenvalue weighted by molar-refractivity contribution is -0.203. The molecule has 6 nitrogen and oxygen atoms in total. The standard InChI is InChI=1S/C32H50O6/c1-6-7-8-9-10-11-12-13-14-15-25(34)38-29-20(2)18-31-21(3)16-24-26(30(24,4)5)23(28(31)36)17-22(19-33)27(35)32(29,31)37/h17-18,21,23-24,26-27,29,33,35,37H,6-16,19H2,1-5H3/t21-,23?,24-,26+,27-,29+,31?,32+/m1/s1. The number of fused-ring (bicyclic) bond motifs is 3. The Morgan fingerprint density at radius 3 is 2.29 bits per heavy atom. The van der Waals surface area contributed by atoms with Gasteiger partial charge in [-0.15, -0.1) is 0 Å². The monoisotopic (exact) mass is 530 g/mol. The van der Waals surface area contributed by atoms with E-state index in [2.05, 4.69) is 20.8 Å². The summed E-state index contributed by atoms with van der Waals surface area (Å²) in [7, 11) is 0. The highest BCUT2D eigenvalue weighted by atomic mass is 16.6. The average Bonchev–Trinajstić information content (AvgIpc) is 3.36. The molecule has 4 aliphatic rings. The third kappa shape index (κ3) is 4.62. The number of aliphatic hydroxyl groups excluding tert-OH is 2. The zero-order valence-corrected chi connectivity index (χ0v) is 24.2. The number of hydrogen-bond acceptors (Lipinski definition) is 6. The number of ketones is 1. The molecule has 3 N–H and O–H groups in total. The smallest absolute Gasteiger partial charge is 0.306 e. The molecule has 0 amide bonds. The largest absolute Gasteiger partial charge is 0.455 e. The van der Waals surface area contributed by atoms with E-state index in [1.54, 1.807) is 19.1 Å². The highest BCUT2D eigenvalue weighted by Gasteiger charge is 2.76. The fraction of sp³-hybridized carbons (Fsp3) is 0.812. The molecule has 214 valence electrons. The van der Waals surface area contributed by atoms with E-state index in [0.29, 0.717) is 17.9 Å². The first-order valence-electron chi connectivity index (χ1n) is 15.1. The van der Waals surface area contributed by atoms with E-state index >= 15 is 0 Å². The lowest BCUT2D eigenvalue weighted by atomic mass is 9.59. The predicted octanol–water partition coefficient (Wildman–Crippen LogP) is 5.29. The summed E-state index contributed by atoms with van der Waals surface area (Å²) in [6.45, 7) is 9.85. The maximum atomic E-state index is 14.3. The Morgan fingerprint density at radius 1 is 1.08 bits per heavy atom. The van der Waals surface area contributed by atoms with Crippen molar-refractivity contribution in [1.29, 1.82) is 0 Å². The normalized spacial score (nSPS) is 38.9. The highest BCUT2D eigenvalue weighted by molar-refractivity contribution is 5.95. The van der Waals surface area contributed by atoms with E-state index < -0.39 is 41.7 Å². The second-order valence-corrected chi connectivity index (χ2v) is 13.3. The summed E-state index contributed by atoms with van der Waals surface area (Å²) >= 11 is 0. The van der Waals surface area contributed by atoms with Crippen LogP contribution in [0, 0.1) is 34.5 Å². The Balaban J connectivity index is 1.48. The minimum atomic E-state index is -2.05. The topological polar surface area (TPSA) is 104 Å². The first-order chi connectivity index (χ1) is 18.0. The van der Waals surface area contributed by atoms with Gasteiger partial charge in [-0.05, 0) is 54.1 Å². The number of aliphatic hydroxyl groups is 3. The predicted molar refractivity (Wildman–Crippen MR) is 147 cm³/mol. The Labute approximate surface area is 228 Å². The number of ether oxygens (including phenoxy) is 1. The molecule has 0 aromatic rings. The first-order valence-corrected chi connectivity index (χ1v) is 15.1. The van der Waals surface area contributed by atoms with E-state index in [1.807, 2.05) is 6.92 Å². The summed E-state index contributed by atoms with van der Waals surface area (Å²) in [6, 6.07) is 0. The summed E-state index contributed by atoms with van der Waals surface area (Å²) in [5, 5.41) is 34.2. The van der Waals surface area contributed by atoms with Gasteiger partial charge in [-0.2, -0.15) is 0 Å². The van der Waals surface area contributed by atoms with Crippen molar-refractivity contribution >= 4 is 11.8 Å². The lowest BCUT2D eigenvalue weighted by Gasteiger charge is -2.48. The molecule has 0 aromatic carbocycles.